The van der Waals surface area contributed by atoms with Crippen molar-refractivity contribution in [2.75, 3.05) is 0 Å². The zero-order valence-electron chi connectivity index (χ0n) is 10.1. The number of para-hydroxylation sites is 1. The first-order chi connectivity index (χ1) is 7.88. The molecule has 0 saturated heterocycles. The maximum absolute atomic E-state index is 5.59. The summed E-state index contributed by atoms with van der Waals surface area (Å²) in [6, 6.07) is 8.03. The number of rotatable bonds is 7. The van der Waals surface area contributed by atoms with Gasteiger partial charge < -0.3 is 4.74 Å². The predicted molar refractivity (Wildman–Crippen MR) is 69.4 cm³/mol. The van der Waals surface area contributed by atoms with Gasteiger partial charge in [-0.25, -0.2) is 0 Å². The highest BCUT2D eigenvalue weighted by Gasteiger charge is 1.97. The Bertz CT molecular complexity index is 315. The summed E-state index contributed by atoms with van der Waals surface area (Å²) in [6.07, 6.45) is 9.55. The van der Waals surface area contributed by atoms with Crippen LogP contribution in [0.25, 0.3) is 0 Å². The molecule has 0 atom stereocenters. The molecule has 0 aliphatic carbocycles. The van der Waals surface area contributed by atoms with Crippen LogP contribution in [0.2, 0.25) is 0 Å². The average Bonchev–Trinajstić information content (AvgIpc) is 2.34. The Morgan fingerprint density at radius 1 is 1.25 bits per heavy atom. The van der Waals surface area contributed by atoms with Gasteiger partial charge in [0, 0.05) is 0 Å². The zero-order chi connectivity index (χ0) is 11.6. The number of hydrogen-bond donors (Lipinski definition) is 0. The van der Waals surface area contributed by atoms with Gasteiger partial charge >= 0.3 is 0 Å². The summed E-state index contributed by atoms with van der Waals surface area (Å²) in [6.45, 7) is 6.09. The lowest BCUT2D eigenvalue weighted by Crippen LogP contribution is -1.88. The molecule has 0 spiro atoms. The summed E-state index contributed by atoms with van der Waals surface area (Å²) >= 11 is 0. The van der Waals surface area contributed by atoms with E-state index in [1.165, 1.54) is 19.3 Å². The summed E-state index contributed by atoms with van der Waals surface area (Å²) in [5, 5.41) is 0. The van der Waals surface area contributed by atoms with Crippen LogP contribution >= 0.6 is 0 Å². The van der Waals surface area contributed by atoms with E-state index < -0.39 is 0 Å². The Labute approximate surface area is 99.1 Å². The van der Waals surface area contributed by atoms with E-state index in [1.807, 2.05) is 24.3 Å². The van der Waals surface area contributed by atoms with E-state index in [4.69, 9.17) is 4.74 Å². The van der Waals surface area contributed by atoms with Gasteiger partial charge in [0.25, 0.3) is 0 Å². The summed E-state index contributed by atoms with van der Waals surface area (Å²) in [4.78, 5) is 0. The second-order valence-corrected chi connectivity index (χ2v) is 3.84. The van der Waals surface area contributed by atoms with Gasteiger partial charge in [-0.2, -0.15) is 0 Å². The van der Waals surface area contributed by atoms with E-state index in [0.717, 1.165) is 24.2 Å². The molecular formula is C15H21O. The molecule has 0 amide bonds. The third-order valence-corrected chi connectivity index (χ3v) is 2.51. The van der Waals surface area contributed by atoms with E-state index in [0.29, 0.717) is 0 Å². The van der Waals surface area contributed by atoms with Crippen molar-refractivity contribution >= 4 is 0 Å². The van der Waals surface area contributed by atoms with Crippen molar-refractivity contribution in [1.29, 1.82) is 0 Å². The van der Waals surface area contributed by atoms with Crippen LogP contribution in [-0.4, -0.2) is 0 Å². The first kappa shape index (κ1) is 12.8. The molecule has 0 fully saturated rings. The van der Waals surface area contributed by atoms with Crippen molar-refractivity contribution in [3.63, 3.8) is 0 Å². The Hall–Kier alpha value is -1.24. The summed E-state index contributed by atoms with van der Waals surface area (Å²) in [5.74, 6) is 0.921. The topological polar surface area (TPSA) is 9.23 Å². The van der Waals surface area contributed by atoms with Gasteiger partial charge in [-0.15, -0.1) is 0 Å². The number of hydrogen-bond acceptors (Lipinski definition) is 1. The number of unbranched alkanes of at least 4 members (excludes halogenated alkanes) is 3. The van der Waals surface area contributed by atoms with Crippen molar-refractivity contribution in [2.24, 2.45) is 0 Å². The molecule has 0 N–H and O–H groups in total. The third kappa shape index (κ3) is 4.52. The highest BCUT2D eigenvalue weighted by atomic mass is 16.5. The molecule has 1 aromatic carbocycles. The monoisotopic (exact) mass is 217 g/mol. The standard InChI is InChI=1S/C15H21O/c1-3-5-6-7-10-13-16-15-12-9-8-11-14(15)4-2/h8-13H,2-7H2,1H3. The molecule has 16 heavy (non-hydrogen) atoms. The predicted octanol–water partition coefficient (Wildman–Crippen LogP) is 4.54. The Balaban J connectivity index is 2.36. The van der Waals surface area contributed by atoms with Crippen LogP contribution in [0.3, 0.4) is 0 Å². The highest BCUT2D eigenvalue weighted by molar-refractivity contribution is 5.34. The van der Waals surface area contributed by atoms with Gasteiger partial charge in [-0.1, -0.05) is 38.0 Å². The molecular weight excluding hydrogens is 196 g/mol. The van der Waals surface area contributed by atoms with Crippen LogP contribution in [0, 0.1) is 6.92 Å². The number of ether oxygens (including phenoxy) is 1. The van der Waals surface area contributed by atoms with Crippen molar-refractivity contribution in [1.82, 2.24) is 0 Å². The Morgan fingerprint density at radius 3 is 2.81 bits per heavy atom. The highest BCUT2D eigenvalue weighted by Crippen LogP contribution is 2.18. The van der Waals surface area contributed by atoms with E-state index in [9.17, 15) is 0 Å². The molecule has 0 aliphatic heterocycles. The van der Waals surface area contributed by atoms with Gasteiger partial charge in [0.2, 0.25) is 0 Å². The van der Waals surface area contributed by atoms with E-state index in [-0.39, 0.29) is 0 Å². The Morgan fingerprint density at radius 2 is 2.06 bits per heavy atom. The smallest absolute Gasteiger partial charge is 0.129 e. The second-order valence-electron chi connectivity index (χ2n) is 3.84. The lowest BCUT2D eigenvalue weighted by atomic mass is 10.1. The van der Waals surface area contributed by atoms with Crippen LogP contribution in [0.5, 0.6) is 5.75 Å². The van der Waals surface area contributed by atoms with Crippen molar-refractivity contribution in [2.45, 2.75) is 39.0 Å². The van der Waals surface area contributed by atoms with Crippen LogP contribution in [-0.2, 0) is 6.42 Å². The fraction of sp³-hybridized carbons (Fsp3) is 0.400. The molecule has 1 aromatic rings. The van der Waals surface area contributed by atoms with Crippen LogP contribution in [0.1, 0.15) is 38.2 Å². The molecule has 1 radical (unpaired) electrons. The SMILES string of the molecule is [CH2]Cc1ccccc1OC=CCCCCC. The van der Waals surface area contributed by atoms with Gasteiger partial charge in [0.1, 0.15) is 5.75 Å². The maximum Gasteiger partial charge on any atom is 0.129 e. The molecule has 0 saturated carbocycles. The van der Waals surface area contributed by atoms with E-state index in [2.05, 4.69) is 19.9 Å². The van der Waals surface area contributed by atoms with Crippen molar-refractivity contribution in [3.05, 3.63) is 49.1 Å². The lowest BCUT2D eigenvalue weighted by Gasteiger charge is -2.05. The minimum atomic E-state index is 0.764. The van der Waals surface area contributed by atoms with E-state index >= 15 is 0 Å². The second kappa shape index (κ2) is 7.98. The lowest BCUT2D eigenvalue weighted by molar-refractivity contribution is 0.473. The molecule has 0 aliphatic rings. The van der Waals surface area contributed by atoms with Gasteiger partial charge in [-0.3, -0.25) is 0 Å². The summed E-state index contributed by atoms with van der Waals surface area (Å²) < 4.78 is 5.59. The number of benzene rings is 1. The zero-order valence-corrected chi connectivity index (χ0v) is 10.1. The molecule has 1 heteroatoms. The molecule has 0 aromatic heterocycles. The summed E-state index contributed by atoms with van der Waals surface area (Å²) in [7, 11) is 0. The molecule has 87 valence electrons. The largest absolute Gasteiger partial charge is 0.465 e. The number of allylic oxidation sites excluding steroid dienone is 1. The van der Waals surface area contributed by atoms with Gasteiger partial charge in [-0.05, 0) is 43.9 Å². The van der Waals surface area contributed by atoms with Crippen LogP contribution in [0.4, 0.5) is 0 Å². The quantitative estimate of drug-likeness (QED) is 0.481. The molecule has 1 nitrogen and oxygen atoms in total. The van der Waals surface area contributed by atoms with Crippen LogP contribution < -0.4 is 4.74 Å². The minimum Gasteiger partial charge on any atom is -0.465 e. The fourth-order valence-corrected chi connectivity index (χ4v) is 1.53. The third-order valence-electron chi connectivity index (χ3n) is 2.51. The minimum absolute atomic E-state index is 0.764. The Kier molecular flexibility index (Phi) is 6.39. The first-order valence-corrected chi connectivity index (χ1v) is 6.07. The van der Waals surface area contributed by atoms with Gasteiger partial charge in [0.05, 0.1) is 6.26 Å². The first-order valence-electron chi connectivity index (χ1n) is 6.07. The molecule has 0 heterocycles. The molecule has 0 unspecified atom stereocenters. The van der Waals surface area contributed by atoms with Crippen molar-refractivity contribution < 1.29 is 4.74 Å². The van der Waals surface area contributed by atoms with Crippen molar-refractivity contribution in [3.8, 4) is 5.75 Å². The normalized spacial score (nSPS) is 10.9. The van der Waals surface area contributed by atoms with Crippen LogP contribution in [0.15, 0.2) is 36.6 Å². The average molecular weight is 217 g/mol. The molecule has 0 bridgehead atoms. The van der Waals surface area contributed by atoms with E-state index in [1.54, 1.807) is 6.26 Å². The van der Waals surface area contributed by atoms with Gasteiger partial charge in [0.15, 0.2) is 0 Å². The summed E-state index contributed by atoms with van der Waals surface area (Å²) in [5.41, 5.74) is 1.15. The molecule has 1 rings (SSSR count). The maximum atomic E-state index is 5.59. The fourth-order valence-electron chi connectivity index (χ4n) is 1.53.